The molecule has 3 aromatic carbocycles. The van der Waals surface area contributed by atoms with Crippen LogP contribution in [0, 0.1) is 6.92 Å². The van der Waals surface area contributed by atoms with Crippen LogP contribution in [0.25, 0.3) is 0 Å². The van der Waals surface area contributed by atoms with E-state index in [0.717, 1.165) is 23.2 Å². The molecule has 1 aliphatic heterocycles. The van der Waals surface area contributed by atoms with Crippen molar-refractivity contribution in [1.82, 2.24) is 0 Å². The van der Waals surface area contributed by atoms with Gasteiger partial charge in [0.2, 0.25) is 6.10 Å². The van der Waals surface area contributed by atoms with Crippen LogP contribution in [-0.2, 0) is 14.3 Å². The second kappa shape index (κ2) is 8.76. The van der Waals surface area contributed by atoms with Crippen LogP contribution < -0.4 is 4.90 Å². The van der Waals surface area contributed by atoms with Crippen molar-refractivity contribution >= 4 is 17.6 Å². The summed E-state index contributed by atoms with van der Waals surface area (Å²) in [6.45, 7) is 5.47. The van der Waals surface area contributed by atoms with E-state index in [-0.39, 0.29) is 17.9 Å². The maximum atomic E-state index is 13.8. The lowest BCUT2D eigenvalue weighted by Gasteiger charge is -2.41. The minimum atomic E-state index is -0.969. The third-order valence-corrected chi connectivity index (χ3v) is 5.89. The number of hydrogen-bond donors (Lipinski definition) is 0. The Hall–Kier alpha value is -3.40. The Bertz CT molecular complexity index is 1080. The Morgan fingerprint density at radius 3 is 2.26 bits per heavy atom. The highest BCUT2D eigenvalue weighted by molar-refractivity contribution is 6.00. The van der Waals surface area contributed by atoms with Crippen molar-refractivity contribution < 1.29 is 14.3 Å². The molecule has 1 amide bonds. The first-order valence-electron chi connectivity index (χ1n) is 10.7. The number of benzene rings is 3. The summed E-state index contributed by atoms with van der Waals surface area (Å²) in [6.07, 6.45) is -0.170. The van der Waals surface area contributed by atoms with Gasteiger partial charge in [-0.3, -0.25) is 9.59 Å². The van der Waals surface area contributed by atoms with Gasteiger partial charge in [0, 0.05) is 30.1 Å². The summed E-state index contributed by atoms with van der Waals surface area (Å²) in [6, 6.07) is 25.8. The number of rotatable bonds is 4. The van der Waals surface area contributed by atoms with Gasteiger partial charge in [-0.1, -0.05) is 78.4 Å². The van der Waals surface area contributed by atoms with E-state index >= 15 is 0 Å². The fraction of sp³-hybridized carbons (Fsp3) is 0.259. The lowest BCUT2D eigenvalue weighted by atomic mass is 9.80. The maximum absolute atomic E-state index is 13.8. The maximum Gasteiger partial charge on any atom is 0.303 e. The van der Waals surface area contributed by atoms with Crippen LogP contribution in [0.15, 0.2) is 78.9 Å². The number of esters is 1. The van der Waals surface area contributed by atoms with Crippen molar-refractivity contribution in [1.29, 1.82) is 0 Å². The summed E-state index contributed by atoms with van der Waals surface area (Å²) in [7, 11) is 0. The standard InChI is InChI=1S/C27H27NO3/c1-18-14-15-25-24(16-18)23(21-10-6-4-7-11-21)17-19(2)28(25)27(30)26(31-20(3)29)22-12-8-5-9-13-22/h4-16,19,23,26H,17H2,1-3H3/t19-,23-,26-/m0/s1. The van der Waals surface area contributed by atoms with E-state index in [1.54, 1.807) is 0 Å². The monoisotopic (exact) mass is 413 g/mol. The van der Waals surface area contributed by atoms with Crippen LogP contribution in [0.3, 0.4) is 0 Å². The fourth-order valence-corrected chi connectivity index (χ4v) is 4.50. The van der Waals surface area contributed by atoms with Crippen molar-refractivity contribution in [2.45, 2.75) is 45.3 Å². The molecule has 31 heavy (non-hydrogen) atoms. The molecule has 158 valence electrons. The summed E-state index contributed by atoms with van der Waals surface area (Å²) in [5.74, 6) is -0.484. The van der Waals surface area contributed by atoms with E-state index in [0.29, 0.717) is 5.56 Å². The van der Waals surface area contributed by atoms with Crippen molar-refractivity contribution in [2.24, 2.45) is 0 Å². The number of aryl methyl sites for hydroxylation is 1. The molecule has 0 bridgehead atoms. The molecule has 0 radical (unpaired) electrons. The number of hydrogen-bond acceptors (Lipinski definition) is 3. The van der Waals surface area contributed by atoms with E-state index in [4.69, 9.17) is 4.74 Å². The molecule has 1 aliphatic rings. The van der Waals surface area contributed by atoms with E-state index in [1.165, 1.54) is 12.5 Å². The Balaban J connectivity index is 1.78. The van der Waals surface area contributed by atoms with Gasteiger partial charge in [0.25, 0.3) is 5.91 Å². The highest BCUT2D eigenvalue weighted by Crippen LogP contribution is 2.43. The number of amides is 1. The Morgan fingerprint density at radius 2 is 1.61 bits per heavy atom. The predicted octanol–water partition coefficient (Wildman–Crippen LogP) is 5.56. The largest absolute Gasteiger partial charge is 0.447 e. The first kappa shape index (κ1) is 20.9. The van der Waals surface area contributed by atoms with Crippen LogP contribution in [-0.4, -0.2) is 17.9 Å². The van der Waals surface area contributed by atoms with Gasteiger partial charge in [-0.2, -0.15) is 0 Å². The number of fused-ring (bicyclic) bond motifs is 1. The molecular formula is C27H27NO3. The Morgan fingerprint density at radius 1 is 0.968 bits per heavy atom. The molecule has 4 heteroatoms. The Labute approximate surface area is 183 Å². The lowest BCUT2D eigenvalue weighted by Crippen LogP contribution is -2.46. The minimum Gasteiger partial charge on any atom is -0.447 e. The molecular weight excluding hydrogens is 386 g/mol. The predicted molar refractivity (Wildman–Crippen MR) is 122 cm³/mol. The molecule has 3 aromatic rings. The highest BCUT2D eigenvalue weighted by Gasteiger charge is 2.38. The first-order chi connectivity index (χ1) is 15.0. The van der Waals surface area contributed by atoms with Crippen molar-refractivity contribution in [2.75, 3.05) is 4.90 Å². The van der Waals surface area contributed by atoms with E-state index < -0.39 is 12.1 Å². The van der Waals surface area contributed by atoms with Crippen molar-refractivity contribution in [3.63, 3.8) is 0 Å². The lowest BCUT2D eigenvalue weighted by molar-refractivity contribution is -0.153. The van der Waals surface area contributed by atoms with Gasteiger partial charge >= 0.3 is 5.97 Å². The van der Waals surface area contributed by atoms with Crippen LogP contribution in [0.1, 0.15) is 54.5 Å². The third kappa shape index (κ3) is 4.24. The van der Waals surface area contributed by atoms with E-state index in [1.807, 2.05) is 53.4 Å². The molecule has 0 aromatic heterocycles. The smallest absolute Gasteiger partial charge is 0.303 e. The second-order valence-electron chi connectivity index (χ2n) is 8.22. The van der Waals surface area contributed by atoms with E-state index in [9.17, 15) is 9.59 Å². The van der Waals surface area contributed by atoms with Crippen LogP contribution in [0.2, 0.25) is 0 Å². The average molecular weight is 414 g/mol. The van der Waals surface area contributed by atoms with E-state index in [2.05, 4.69) is 44.2 Å². The van der Waals surface area contributed by atoms with Crippen LogP contribution in [0.5, 0.6) is 0 Å². The number of carbonyl (C=O) groups excluding carboxylic acids is 2. The van der Waals surface area contributed by atoms with Gasteiger partial charge in [0.1, 0.15) is 0 Å². The third-order valence-electron chi connectivity index (χ3n) is 5.89. The number of ether oxygens (including phenoxy) is 1. The molecule has 4 nitrogen and oxygen atoms in total. The van der Waals surface area contributed by atoms with Crippen molar-refractivity contribution in [3.05, 3.63) is 101 Å². The summed E-state index contributed by atoms with van der Waals surface area (Å²) >= 11 is 0. The first-order valence-corrected chi connectivity index (χ1v) is 10.7. The molecule has 4 rings (SSSR count). The topological polar surface area (TPSA) is 46.6 Å². The van der Waals surface area contributed by atoms with Gasteiger partial charge in [-0.15, -0.1) is 0 Å². The molecule has 0 N–H and O–H groups in total. The molecule has 0 aliphatic carbocycles. The number of nitrogens with zero attached hydrogens (tertiary/aromatic N) is 1. The van der Waals surface area contributed by atoms with Gasteiger partial charge in [-0.05, 0) is 37.5 Å². The van der Waals surface area contributed by atoms with Gasteiger partial charge in [0.15, 0.2) is 0 Å². The Kier molecular flexibility index (Phi) is 5.90. The zero-order chi connectivity index (χ0) is 22.0. The van der Waals surface area contributed by atoms with Gasteiger partial charge < -0.3 is 9.64 Å². The SMILES string of the molecule is CC(=O)O[C@H](C(=O)N1c2ccc(C)cc2[C@H](c2ccccc2)C[C@@H]1C)c1ccccc1. The number of carbonyl (C=O) groups is 2. The van der Waals surface area contributed by atoms with Gasteiger partial charge in [-0.25, -0.2) is 0 Å². The summed E-state index contributed by atoms with van der Waals surface area (Å²) in [4.78, 5) is 27.4. The molecule has 0 fully saturated rings. The zero-order valence-corrected chi connectivity index (χ0v) is 18.1. The summed E-state index contributed by atoms with van der Waals surface area (Å²) in [5, 5.41) is 0. The minimum absolute atomic E-state index is 0.0466. The molecule has 1 heterocycles. The molecule has 3 atom stereocenters. The fourth-order valence-electron chi connectivity index (χ4n) is 4.50. The molecule has 0 saturated heterocycles. The molecule has 0 unspecified atom stereocenters. The van der Waals surface area contributed by atoms with Crippen LogP contribution >= 0.6 is 0 Å². The highest BCUT2D eigenvalue weighted by atomic mass is 16.5. The molecule has 0 saturated carbocycles. The second-order valence-corrected chi connectivity index (χ2v) is 8.22. The summed E-state index contributed by atoms with van der Waals surface area (Å²) < 4.78 is 5.52. The zero-order valence-electron chi connectivity index (χ0n) is 18.1. The van der Waals surface area contributed by atoms with Crippen LogP contribution in [0.4, 0.5) is 5.69 Å². The average Bonchev–Trinajstić information content (AvgIpc) is 2.78. The van der Waals surface area contributed by atoms with Crippen molar-refractivity contribution in [3.8, 4) is 0 Å². The van der Waals surface area contributed by atoms with Gasteiger partial charge in [0.05, 0.1) is 0 Å². The molecule has 0 spiro atoms. The summed E-state index contributed by atoms with van der Waals surface area (Å²) in [5.41, 5.74) is 5.09. The number of anilines is 1. The normalized spacial score (nSPS) is 18.7. The quantitative estimate of drug-likeness (QED) is 0.526.